The number of nitro groups is 1. The summed E-state index contributed by atoms with van der Waals surface area (Å²) in [5.41, 5.74) is 2.14. The molecule has 0 unspecified atom stereocenters. The second-order valence-corrected chi connectivity index (χ2v) is 12.8. The van der Waals surface area contributed by atoms with Crippen molar-refractivity contribution in [2.24, 2.45) is 4.99 Å². The first-order valence-corrected chi connectivity index (χ1v) is 16.3. The van der Waals surface area contributed by atoms with Gasteiger partial charge in [0.15, 0.2) is 4.80 Å². The van der Waals surface area contributed by atoms with Crippen molar-refractivity contribution in [3.8, 4) is 11.5 Å². The van der Waals surface area contributed by atoms with Crippen molar-refractivity contribution in [3.05, 3.63) is 128 Å². The van der Waals surface area contributed by atoms with Crippen molar-refractivity contribution in [1.29, 1.82) is 0 Å². The molecule has 2 heterocycles. The van der Waals surface area contributed by atoms with E-state index in [1.54, 1.807) is 50.3 Å². The van der Waals surface area contributed by atoms with Crippen LogP contribution in [0.4, 0.5) is 5.69 Å². The second kappa shape index (κ2) is 14.0. The number of para-hydroxylation sites is 1. The summed E-state index contributed by atoms with van der Waals surface area (Å²) >= 11 is 11.1. The topological polar surface area (TPSA) is 122 Å². The third-order valence-corrected chi connectivity index (χ3v) is 8.74. The van der Waals surface area contributed by atoms with Crippen molar-refractivity contribution in [1.82, 2.24) is 4.57 Å². The molecule has 0 radical (unpaired) electrons. The van der Waals surface area contributed by atoms with E-state index in [-0.39, 0.29) is 36.1 Å². The molecule has 1 aliphatic rings. The molecule has 0 aliphatic carbocycles. The van der Waals surface area contributed by atoms with E-state index in [1.807, 2.05) is 32.0 Å². The van der Waals surface area contributed by atoms with Crippen LogP contribution in [0.5, 0.6) is 11.5 Å². The van der Waals surface area contributed by atoms with E-state index >= 15 is 0 Å². The molecule has 4 aromatic rings. The number of aromatic nitrogens is 1. The maximum absolute atomic E-state index is 14.2. The molecule has 1 aliphatic heterocycles. The van der Waals surface area contributed by atoms with Crippen molar-refractivity contribution in [3.63, 3.8) is 0 Å². The zero-order valence-corrected chi connectivity index (χ0v) is 28.4. The fourth-order valence-corrected chi connectivity index (χ4v) is 6.99. The first-order valence-electron chi connectivity index (χ1n) is 14.3. The quantitative estimate of drug-likeness (QED) is 0.104. The Morgan fingerprint density at radius 3 is 2.59 bits per heavy atom. The molecule has 5 rings (SSSR count). The normalized spacial score (nSPS) is 14.6. The highest BCUT2D eigenvalue weighted by Crippen LogP contribution is 2.37. The number of benzene rings is 3. The zero-order valence-electron chi connectivity index (χ0n) is 25.3. The van der Waals surface area contributed by atoms with Gasteiger partial charge in [0.1, 0.15) is 24.1 Å². The Morgan fingerprint density at radius 2 is 1.91 bits per heavy atom. The van der Waals surface area contributed by atoms with E-state index in [0.717, 1.165) is 0 Å². The van der Waals surface area contributed by atoms with Crippen LogP contribution in [0.1, 0.15) is 50.4 Å². The van der Waals surface area contributed by atoms with Gasteiger partial charge >= 0.3 is 5.97 Å². The lowest BCUT2D eigenvalue weighted by molar-refractivity contribution is -0.384. The number of thiazole rings is 1. The Bertz CT molecular complexity index is 2040. The summed E-state index contributed by atoms with van der Waals surface area (Å²) in [6.45, 7) is 7.51. The van der Waals surface area contributed by atoms with E-state index < -0.39 is 16.9 Å². The first kappa shape index (κ1) is 33.1. The number of carbonyl (C=O) groups is 1. The minimum atomic E-state index is -0.851. The standard InChI is InChI=1S/C33H29BrClN3O7S/c1-5-43-32(40)28-19(4)36-33-37(29(28)24-8-6-7-9-26(24)45-18(2)3)31(39)27(46-33)15-21-14-22(35)16-25(34)30(21)44-17-20-10-12-23(13-11-20)38(41)42/h6-16,18,29H,5,17H2,1-4H3/b27-15-/t29-/m0/s1. The molecular formula is C33H29BrClN3O7S. The van der Waals surface area contributed by atoms with Crippen molar-refractivity contribution >= 4 is 56.6 Å². The Hall–Kier alpha value is -4.26. The molecule has 0 bridgehead atoms. The van der Waals surface area contributed by atoms with E-state index in [1.165, 1.54) is 28.0 Å². The molecule has 13 heteroatoms. The lowest BCUT2D eigenvalue weighted by Crippen LogP contribution is -2.40. The van der Waals surface area contributed by atoms with Gasteiger partial charge in [-0.05, 0) is 85.6 Å². The van der Waals surface area contributed by atoms with Gasteiger partial charge in [-0.2, -0.15) is 0 Å². The molecule has 1 atom stereocenters. The summed E-state index contributed by atoms with van der Waals surface area (Å²) < 4.78 is 20.0. The summed E-state index contributed by atoms with van der Waals surface area (Å²) in [4.78, 5) is 43.2. The van der Waals surface area contributed by atoms with Crippen LogP contribution in [-0.2, 0) is 16.1 Å². The summed E-state index contributed by atoms with van der Waals surface area (Å²) in [6, 6.07) is 15.8. The maximum atomic E-state index is 14.2. The molecule has 238 valence electrons. The van der Waals surface area contributed by atoms with Crippen LogP contribution in [-0.4, -0.2) is 28.2 Å². The van der Waals surface area contributed by atoms with Gasteiger partial charge in [-0.1, -0.05) is 41.1 Å². The number of esters is 1. The number of hydrogen-bond donors (Lipinski definition) is 0. The molecule has 0 saturated heterocycles. The number of ether oxygens (including phenoxy) is 3. The van der Waals surface area contributed by atoms with Gasteiger partial charge in [0.2, 0.25) is 0 Å². The molecule has 3 aromatic carbocycles. The minimum Gasteiger partial charge on any atom is -0.491 e. The Labute approximate surface area is 281 Å². The third-order valence-electron chi connectivity index (χ3n) is 6.95. The van der Waals surface area contributed by atoms with Crippen LogP contribution >= 0.6 is 38.9 Å². The van der Waals surface area contributed by atoms with Gasteiger partial charge in [0.05, 0.1) is 37.9 Å². The van der Waals surface area contributed by atoms with Gasteiger partial charge in [-0.3, -0.25) is 19.5 Å². The van der Waals surface area contributed by atoms with Gasteiger partial charge < -0.3 is 14.2 Å². The summed E-state index contributed by atoms with van der Waals surface area (Å²) in [6.07, 6.45) is 1.52. The SMILES string of the molecule is CCOC(=O)C1=C(C)N=c2s/c(=C\c3cc(Cl)cc(Br)c3OCc3ccc([N+](=O)[O-])cc3)c(=O)n2[C@H]1c1ccccc1OC(C)C. The lowest BCUT2D eigenvalue weighted by Gasteiger charge is -2.26. The molecule has 1 aromatic heterocycles. The number of nitro benzene ring substituents is 1. The van der Waals surface area contributed by atoms with Crippen LogP contribution in [0, 0.1) is 10.1 Å². The summed E-state index contributed by atoms with van der Waals surface area (Å²) in [5, 5.41) is 11.4. The minimum absolute atomic E-state index is 0.0227. The zero-order chi connectivity index (χ0) is 33.1. The molecule has 0 fully saturated rings. The van der Waals surface area contributed by atoms with Crippen molar-refractivity contribution < 1.29 is 23.9 Å². The highest BCUT2D eigenvalue weighted by molar-refractivity contribution is 9.10. The number of hydrogen-bond acceptors (Lipinski definition) is 9. The number of halogens is 2. The number of nitrogens with zero attached hydrogens (tertiary/aromatic N) is 3. The average Bonchev–Trinajstić information content (AvgIpc) is 3.30. The largest absolute Gasteiger partial charge is 0.491 e. The third kappa shape index (κ3) is 6.93. The predicted octanol–water partition coefficient (Wildman–Crippen LogP) is 6.49. The van der Waals surface area contributed by atoms with Crippen LogP contribution < -0.4 is 24.4 Å². The number of carbonyl (C=O) groups excluding carboxylic acids is 1. The predicted molar refractivity (Wildman–Crippen MR) is 179 cm³/mol. The van der Waals surface area contributed by atoms with Crippen LogP contribution in [0.15, 0.2) is 86.2 Å². The maximum Gasteiger partial charge on any atom is 0.338 e. The highest BCUT2D eigenvalue weighted by Gasteiger charge is 2.35. The van der Waals surface area contributed by atoms with E-state index in [9.17, 15) is 19.7 Å². The van der Waals surface area contributed by atoms with Gasteiger partial charge in [0, 0.05) is 28.3 Å². The van der Waals surface area contributed by atoms with Gasteiger partial charge in [0.25, 0.3) is 11.2 Å². The molecule has 0 saturated carbocycles. The molecular weight excluding hydrogens is 698 g/mol. The number of non-ortho nitro benzene ring substituents is 1. The smallest absolute Gasteiger partial charge is 0.338 e. The average molecular weight is 727 g/mol. The highest BCUT2D eigenvalue weighted by atomic mass is 79.9. The fraction of sp³-hybridized carbons (Fsp3) is 0.242. The lowest BCUT2D eigenvalue weighted by atomic mass is 9.95. The number of rotatable bonds is 10. The van der Waals surface area contributed by atoms with Gasteiger partial charge in [-0.25, -0.2) is 9.79 Å². The summed E-state index contributed by atoms with van der Waals surface area (Å²) in [7, 11) is 0. The fourth-order valence-electron chi connectivity index (χ4n) is 5.00. The Balaban J connectivity index is 1.64. The monoisotopic (exact) mass is 725 g/mol. The van der Waals surface area contributed by atoms with E-state index in [4.69, 9.17) is 25.8 Å². The molecule has 10 nitrogen and oxygen atoms in total. The number of allylic oxidation sites excluding steroid dienone is 1. The molecule has 0 N–H and O–H groups in total. The van der Waals surface area contributed by atoms with Crippen molar-refractivity contribution in [2.75, 3.05) is 6.61 Å². The molecule has 0 spiro atoms. The van der Waals surface area contributed by atoms with Crippen molar-refractivity contribution in [2.45, 2.75) is 46.4 Å². The van der Waals surface area contributed by atoms with E-state index in [0.29, 0.717) is 52.7 Å². The van der Waals surface area contributed by atoms with Gasteiger partial charge in [-0.15, -0.1) is 0 Å². The Kier molecular flexibility index (Phi) is 10.1. The van der Waals surface area contributed by atoms with Crippen LogP contribution in [0.25, 0.3) is 6.08 Å². The summed E-state index contributed by atoms with van der Waals surface area (Å²) in [5.74, 6) is 0.390. The Morgan fingerprint density at radius 1 is 1.20 bits per heavy atom. The van der Waals surface area contributed by atoms with Crippen LogP contribution in [0.3, 0.4) is 0 Å². The second-order valence-electron chi connectivity index (χ2n) is 10.5. The number of fused-ring (bicyclic) bond motifs is 1. The van der Waals surface area contributed by atoms with E-state index in [2.05, 4.69) is 20.9 Å². The molecule has 0 amide bonds. The molecule has 46 heavy (non-hydrogen) atoms. The van der Waals surface area contributed by atoms with Crippen LogP contribution in [0.2, 0.25) is 5.02 Å². The first-order chi connectivity index (χ1) is 22.0.